The monoisotopic (exact) mass is 381 g/mol. The molecule has 25 heavy (non-hydrogen) atoms. The van der Waals surface area contributed by atoms with Crippen molar-refractivity contribution >= 4 is 17.4 Å². The first-order chi connectivity index (χ1) is 11.5. The Kier molecular flexibility index (Phi) is 9.26. The van der Waals surface area contributed by atoms with Gasteiger partial charge in [0.2, 0.25) is 0 Å². The van der Waals surface area contributed by atoms with E-state index in [4.69, 9.17) is 11.6 Å². The van der Waals surface area contributed by atoms with Crippen LogP contribution in [0.1, 0.15) is 25.3 Å². The molecule has 0 unspecified atom stereocenters. The largest absolute Gasteiger partial charge is 1.00 e. The minimum Gasteiger partial charge on any atom is -1.00 e. The highest BCUT2D eigenvalue weighted by Crippen LogP contribution is 2.17. The van der Waals surface area contributed by atoms with Gasteiger partial charge in [-0.15, -0.1) is 0 Å². The van der Waals surface area contributed by atoms with Gasteiger partial charge in [0.25, 0.3) is 0 Å². The Balaban J connectivity index is 0.00000312. The zero-order valence-electron chi connectivity index (χ0n) is 15.5. The first kappa shape index (κ1) is 21.8. The van der Waals surface area contributed by atoms with Gasteiger partial charge in [-0.3, -0.25) is 0 Å². The Hall–Kier alpha value is -1.29. The Morgan fingerprint density at radius 2 is 1.76 bits per heavy atom. The zero-order chi connectivity index (χ0) is 17.4. The van der Waals surface area contributed by atoms with Crippen molar-refractivity contribution in [3.05, 3.63) is 59.2 Å². The fraction of sp³-hybridized carbons (Fsp3) is 0.450. The number of quaternary nitrogens is 1. The van der Waals surface area contributed by atoms with E-state index in [1.54, 1.807) is 0 Å². The van der Waals surface area contributed by atoms with E-state index in [1.165, 1.54) is 24.9 Å². The molecule has 0 aliphatic carbocycles. The fourth-order valence-electron chi connectivity index (χ4n) is 2.71. The molecule has 5 heteroatoms. The molecular formula is C20H29Cl2N3. The first-order valence-corrected chi connectivity index (χ1v) is 9.10. The number of benzene rings is 1. The summed E-state index contributed by atoms with van der Waals surface area (Å²) in [5.41, 5.74) is 1.25. The topological polar surface area (TPSA) is 16.1 Å². The second-order valence-electron chi connectivity index (χ2n) is 6.97. The van der Waals surface area contributed by atoms with Crippen LogP contribution in [-0.4, -0.2) is 43.2 Å². The second-order valence-corrected chi connectivity index (χ2v) is 7.41. The Bertz CT molecular complexity index is 600. The van der Waals surface area contributed by atoms with E-state index >= 15 is 0 Å². The quantitative estimate of drug-likeness (QED) is 0.613. The Morgan fingerprint density at radius 1 is 1.04 bits per heavy atom. The number of unbranched alkanes of at least 4 members (excludes halogenated alkanes) is 1. The summed E-state index contributed by atoms with van der Waals surface area (Å²) in [6.07, 6.45) is 4.38. The van der Waals surface area contributed by atoms with Gasteiger partial charge in [-0.1, -0.05) is 43.1 Å². The molecule has 0 fully saturated rings. The fourth-order valence-corrected chi connectivity index (χ4v) is 2.84. The summed E-state index contributed by atoms with van der Waals surface area (Å²) in [5, 5.41) is 0.778. The van der Waals surface area contributed by atoms with Crippen LogP contribution < -0.4 is 17.3 Å². The van der Waals surface area contributed by atoms with Gasteiger partial charge in [0.15, 0.2) is 0 Å². The van der Waals surface area contributed by atoms with Crippen molar-refractivity contribution in [3.63, 3.8) is 0 Å². The van der Waals surface area contributed by atoms with Crippen molar-refractivity contribution in [1.29, 1.82) is 0 Å². The van der Waals surface area contributed by atoms with Gasteiger partial charge in [-0.05, 0) is 36.2 Å². The molecule has 138 valence electrons. The number of hydrogen-bond acceptors (Lipinski definition) is 2. The van der Waals surface area contributed by atoms with Crippen molar-refractivity contribution in [2.45, 2.75) is 26.3 Å². The standard InChI is InChI=1S/C20H29ClN3.ClH/c1-4-5-15-24(2,3)16-14-23(20-8-6-7-13-22-20)17-18-9-11-19(21)12-10-18;/h6-13H,4-5,14-17H2,1-3H3;1H/q+1;/p-1. The van der Waals surface area contributed by atoms with Crippen molar-refractivity contribution in [2.24, 2.45) is 0 Å². The maximum atomic E-state index is 6.01. The lowest BCUT2D eigenvalue weighted by atomic mass is 10.2. The van der Waals surface area contributed by atoms with Gasteiger partial charge in [0.1, 0.15) is 5.82 Å². The molecule has 2 rings (SSSR count). The minimum absolute atomic E-state index is 0. The molecule has 0 saturated heterocycles. The average molecular weight is 382 g/mol. The molecule has 1 aromatic carbocycles. The van der Waals surface area contributed by atoms with E-state index in [2.05, 4.69) is 49.1 Å². The number of pyridine rings is 1. The summed E-state index contributed by atoms with van der Waals surface area (Å²) in [6.45, 7) is 6.40. The third-order valence-corrected chi connectivity index (χ3v) is 4.60. The zero-order valence-corrected chi connectivity index (χ0v) is 17.0. The number of likely N-dealkylation sites (N-methyl/N-ethyl adjacent to an activating group) is 1. The van der Waals surface area contributed by atoms with E-state index in [0.717, 1.165) is 35.0 Å². The predicted octanol–water partition coefficient (Wildman–Crippen LogP) is 1.62. The molecule has 2 aromatic rings. The summed E-state index contributed by atoms with van der Waals surface area (Å²) >= 11 is 6.01. The summed E-state index contributed by atoms with van der Waals surface area (Å²) in [6, 6.07) is 14.2. The lowest BCUT2D eigenvalue weighted by molar-refractivity contribution is -0.889. The normalized spacial score (nSPS) is 11.0. The Labute approximate surface area is 163 Å². The van der Waals surface area contributed by atoms with Crippen LogP contribution in [0.25, 0.3) is 0 Å². The van der Waals surface area contributed by atoms with Crippen molar-refractivity contribution in [3.8, 4) is 0 Å². The summed E-state index contributed by atoms with van der Waals surface area (Å²) in [7, 11) is 4.63. The van der Waals surface area contributed by atoms with E-state index in [1.807, 2.05) is 30.5 Å². The minimum atomic E-state index is 0. The second kappa shape index (κ2) is 10.6. The first-order valence-electron chi connectivity index (χ1n) is 8.72. The SMILES string of the molecule is CCCC[N+](C)(C)CCN(Cc1ccc(Cl)cc1)c1ccccn1.[Cl-]. The maximum Gasteiger partial charge on any atom is 0.128 e. The van der Waals surface area contributed by atoms with Crippen molar-refractivity contribution in [2.75, 3.05) is 38.6 Å². The average Bonchev–Trinajstić information content (AvgIpc) is 2.59. The van der Waals surface area contributed by atoms with Crippen LogP contribution in [-0.2, 0) is 6.54 Å². The molecule has 0 radical (unpaired) electrons. The molecule has 0 amide bonds. The third-order valence-electron chi connectivity index (χ3n) is 4.35. The molecule has 3 nitrogen and oxygen atoms in total. The smallest absolute Gasteiger partial charge is 0.128 e. The third kappa shape index (κ3) is 7.64. The lowest BCUT2D eigenvalue weighted by Gasteiger charge is -2.33. The molecule has 0 spiro atoms. The van der Waals surface area contributed by atoms with Gasteiger partial charge in [0.05, 0.1) is 33.7 Å². The number of anilines is 1. The van der Waals surface area contributed by atoms with Crippen LogP contribution in [0.2, 0.25) is 5.02 Å². The van der Waals surface area contributed by atoms with Gasteiger partial charge in [0, 0.05) is 17.8 Å². The van der Waals surface area contributed by atoms with E-state index in [-0.39, 0.29) is 12.4 Å². The number of nitrogens with zero attached hydrogens (tertiary/aromatic N) is 3. The molecular weight excluding hydrogens is 353 g/mol. The van der Waals surface area contributed by atoms with Crippen LogP contribution in [0.15, 0.2) is 48.7 Å². The summed E-state index contributed by atoms with van der Waals surface area (Å²) < 4.78 is 1.04. The van der Waals surface area contributed by atoms with E-state index in [0.29, 0.717) is 0 Å². The predicted molar refractivity (Wildman–Crippen MR) is 103 cm³/mol. The number of aromatic nitrogens is 1. The highest BCUT2D eigenvalue weighted by atomic mass is 35.5. The molecule has 0 N–H and O–H groups in total. The number of hydrogen-bond donors (Lipinski definition) is 0. The summed E-state index contributed by atoms with van der Waals surface area (Å²) in [4.78, 5) is 6.90. The number of rotatable bonds is 9. The highest BCUT2D eigenvalue weighted by molar-refractivity contribution is 6.30. The van der Waals surface area contributed by atoms with Gasteiger partial charge >= 0.3 is 0 Å². The van der Waals surface area contributed by atoms with Crippen LogP contribution in [0, 0.1) is 0 Å². The van der Waals surface area contributed by atoms with E-state index in [9.17, 15) is 0 Å². The van der Waals surface area contributed by atoms with Crippen molar-refractivity contribution in [1.82, 2.24) is 4.98 Å². The molecule has 0 bridgehead atoms. The summed E-state index contributed by atoms with van der Waals surface area (Å²) in [5.74, 6) is 1.03. The molecule has 1 aromatic heterocycles. The highest BCUT2D eigenvalue weighted by Gasteiger charge is 2.17. The molecule has 0 aliphatic rings. The van der Waals surface area contributed by atoms with Gasteiger partial charge < -0.3 is 21.8 Å². The molecule has 0 saturated carbocycles. The lowest BCUT2D eigenvalue weighted by Crippen LogP contribution is -3.00. The number of halogens is 2. The van der Waals surface area contributed by atoms with Crippen LogP contribution in [0.3, 0.4) is 0 Å². The van der Waals surface area contributed by atoms with Gasteiger partial charge in [-0.2, -0.15) is 0 Å². The van der Waals surface area contributed by atoms with Crippen LogP contribution in [0.5, 0.6) is 0 Å². The van der Waals surface area contributed by atoms with E-state index < -0.39 is 0 Å². The molecule has 0 atom stereocenters. The van der Waals surface area contributed by atoms with Crippen LogP contribution >= 0.6 is 11.6 Å². The van der Waals surface area contributed by atoms with Gasteiger partial charge in [-0.25, -0.2) is 4.98 Å². The van der Waals surface area contributed by atoms with Crippen molar-refractivity contribution < 1.29 is 16.9 Å². The Morgan fingerprint density at radius 3 is 2.36 bits per heavy atom. The molecule has 1 heterocycles. The van der Waals surface area contributed by atoms with Crippen LogP contribution in [0.4, 0.5) is 5.82 Å². The maximum absolute atomic E-state index is 6.01. The molecule has 0 aliphatic heterocycles.